The Kier molecular flexibility index (Phi) is 8.34. The van der Waals surface area contributed by atoms with Gasteiger partial charge >= 0.3 is 6.09 Å². The van der Waals surface area contributed by atoms with Gasteiger partial charge in [-0.1, -0.05) is 13.8 Å². The predicted molar refractivity (Wildman–Crippen MR) is 93.7 cm³/mol. The minimum absolute atomic E-state index is 0.217. The van der Waals surface area contributed by atoms with Crippen LogP contribution in [0.25, 0.3) is 0 Å². The molecule has 136 valence electrons. The van der Waals surface area contributed by atoms with Crippen LogP contribution >= 0.6 is 0 Å². The van der Waals surface area contributed by atoms with Crippen LogP contribution in [0, 0.1) is 5.92 Å². The van der Waals surface area contributed by atoms with Crippen molar-refractivity contribution in [2.45, 2.75) is 78.6 Å². The Morgan fingerprint density at radius 3 is 2.65 bits per heavy atom. The number of carbonyl (C=O) groups is 1. The number of hydrogen-bond acceptors (Lipinski definition) is 4. The zero-order chi connectivity index (χ0) is 17.5. The third-order valence-corrected chi connectivity index (χ3v) is 4.13. The quantitative estimate of drug-likeness (QED) is 0.728. The van der Waals surface area contributed by atoms with Crippen LogP contribution in [0.2, 0.25) is 0 Å². The van der Waals surface area contributed by atoms with Gasteiger partial charge in [0, 0.05) is 25.7 Å². The second-order valence-corrected chi connectivity index (χ2v) is 7.74. The molecule has 0 saturated carbocycles. The summed E-state index contributed by atoms with van der Waals surface area (Å²) in [5.41, 5.74) is -0.434. The fraction of sp³-hybridized carbons (Fsp3) is 0.944. The summed E-state index contributed by atoms with van der Waals surface area (Å²) in [6, 6.07) is 0.535. The van der Waals surface area contributed by atoms with Crippen molar-refractivity contribution in [1.82, 2.24) is 10.2 Å². The number of rotatable bonds is 7. The monoisotopic (exact) mass is 328 g/mol. The van der Waals surface area contributed by atoms with E-state index < -0.39 is 5.60 Å². The third-order valence-electron chi connectivity index (χ3n) is 4.13. The molecular weight excluding hydrogens is 292 g/mol. The van der Waals surface area contributed by atoms with Crippen molar-refractivity contribution >= 4 is 6.09 Å². The molecule has 1 amide bonds. The van der Waals surface area contributed by atoms with Gasteiger partial charge in [0.15, 0.2) is 0 Å². The average Bonchev–Trinajstić information content (AvgIpc) is 2.45. The zero-order valence-electron chi connectivity index (χ0n) is 15.9. The number of nitrogens with zero attached hydrogens (tertiary/aromatic N) is 1. The van der Waals surface area contributed by atoms with Crippen LogP contribution in [-0.4, -0.2) is 55.0 Å². The van der Waals surface area contributed by atoms with E-state index in [1.807, 2.05) is 27.7 Å². The molecule has 1 aliphatic heterocycles. The molecule has 2 unspecified atom stereocenters. The number of hydrogen-bond donors (Lipinski definition) is 1. The molecule has 0 aromatic carbocycles. The smallest absolute Gasteiger partial charge is 0.410 e. The van der Waals surface area contributed by atoms with Crippen LogP contribution in [0.1, 0.15) is 60.8 Å². The molecule has 23 heavy (non-hydrogen) atoms. The Balaban J connectivity index is 2.25. The molecule has 0 bridgehead atoms. The minimum Gasteiger partial charge on any atom is -0.444 e. The largest absolute Gasteiger partial charge is 0.444 e. The molecule has 0 aromatic heterocycles. The fourth-order valence-corrected chi connectivity index (χ4v) is 2.76. The van der Waals surface area contributed by atoms with Crippen LogP contribution in [0.15, 0.2) is 0 Å². The number of carbonyl (C=O) groups excluding carboxylic acids is 1. The van der Waals surface area contributed by atoms with Gasteiger partial charge in [-0.2, -0.15) is 0 Å². The van der Waals surface area contributed by atoms with E-state index in [1.165, 1.54) is 0 Å². The normalized spacial score (nSPS) is 22.2. The zero-order valence-corrected chi connectivity index (χ0v) is 15.9. The summed E-state index contributed by atoms with van der Waals surface area (Å²) < 4.78 is 11.2. The van der Waals surface area contributed by atoms with Gasteiger partial charge in [0.05, 0.1) is 6.10 Å². The van der Waals surface area contributed by atoms with Gasteiger partial charge in [0.25, 0.3) is 0 Å². The summed E-state index contributed by atoms with van der Waals surface area (Å²) >= 11 is 0. The Morgan fingerprint density at radius 1 is 1.39 bits per heavy atom. The highest BCUT2D eigenvalue weighted by molar-refractivity contribution is 5.68. The molecule has 1 saturated heterocycles. The average molecular weight is 328 g/mol. The van der Waals surface area contributed by atoms with E-state index in [0.717, 1.165) is 39.0 Å². The first kappa shape index (κ1) is 20.2. The van der Waals surface area contributed by atoms with Crippen molar-refractivity contribution < 1.29 is 14.3 Å². The van der Waals surface area contributed by atoms with E-state index in [2.05, 4.69) is 19.2 Å². The molecule has 2 atom stereocenters. The maximum atomic E-state index is 12.1. The number of ether oxygens (including phenoxy) is 2. The molecule has 1 rings (SSSR count). The summed E-state index contributed by atoms with van der Waals surface area (Å²) in [4.78, 5) is 13.8. The van der Waals surface area contributed by atoms with E-state index in [9.17, 15) is 4.79 Å². The van der Waals surface area contributed by atoms with Crippen molar-refractivity contribution in [2.24, 2.45) is 5.92 Å². The second kappa shape index (κ2) is 9.48. The SMILES string of the molecule is CCN(CCCNC1CCOC(C(C)C)C1)C(=O)OC(C)(C)C. The van der Waals surface area contributed by atoms with Gasteiger partial charge in [-0.25, -0.2) is 4.79 Å². The molecule has 5 nitrogen and oxygen atoms in total. The first-order valence-electron chi connectivity index (χ1n) is 9.05. The summed E-state index contributed by atoms with van der Waals surface area (Å²) in [6.07, 6.45) is 3.26. The summed E-state index contributed by atoms with van der Waals surface area (Å²) in [6.45, 7) is 15.3. The van der Waals surface area contributed by atoms with E-state index in [0.29, 0.717) is 24.6 Å². The van der Waals surface area contributed by atoms with Crippen molar-refractivity contribution in [1.29, 1.82) is 0 Å². The molecule has 5 heteroatoms. The van der Waals surface area contributed by atoms with E-state index >= 15 is 0 Å². The van der Waals surface area contributed by atoms with E-state index in [1.54, 1.807) is 4.90 Å². The van der Waals surface area contributed by atoms with Crippen molar-refractivity contribution in [3.05, 3.63) is 0 Å². The van der Waals surface area contributed by atoms with Crippen LogP contribution in [-0.2, 0) is 9.47 Å². The number of nitrogens with one attached hydrogen (secondary N) is 1. The third kappa shape index (κ3) is 8.02. The lowest BCUT2D eigenvalue weighted by Gasteiger charge is -2.32. The van der Waals surface area contributed by atoms with E-state index in [4.69, 9.17) is 9.47 Å². The maximum Gasteiger partial charge on any atom is 0.410 e. The van der Waals surface area contributed by atoms with Crippen molar-refractivity contribution in [2.75, 3.05) is 26.2 Å². The Bertz CT molecular complexity index is 353. The maximum absolute atomic E-state index is 12.1. The Hall–Kier alpha value is -0.810. The van der Waals surface area contributed by atoms with Gasteiger partial charge in [0.2, 0.25) is 0 Å². The minimum atomic E-state index is -0.434. The number of amides is 1. The summed E-state index contributed by atoms with van der Waals surface area (Å²) in [7, 11) is 0. The molecule has 0 aromatic rings. The first-order chi connectivity index (χ1) is 10.7. The van der Waals surface area contributed by atoms with Crippen molar-refractivity contribution in [3.63, 3.8) is 0 Å². The highest BCUT2D eigenvalue weighted by Crippen LogP contribution is 2.20. The summed E-state index contributed by atoms with van der Waals surface area (Å²) in [5.74, 6) is 0.572. The Labute approximate surface area is 142 Å². The molecule has 0 aliphatic carbocycles. The lowest BCUT2D eigenvalue weighted by atomic mass is 9.95. The molecular formula is C18H36N2O3. The van der Waals surface area contributed by atoms with Gasteiger partial charge in [-0.3, -0.25) is 0 Å². The highest BCUT2D eigenvalue weighted by Gasteiger charge is 2.24. The van der Waals surface area contributed by atoms with Crippen LogP contribution in [0.4, 0.5) is 4.79 Å². The molecule has 0 radical (unpaired) electrons. The lowest BCUT2D eigenvalue weighted by Crippen LogP contribution is -2.42. The molecule has 0 spiro atoms. The van der Waals surface area contributed by atoms with Gasteiger partial charge < -0.3 is 19.7 Å². The lowest BCUT2D eigenvalue weighted by molar-refractivity contribution is -0.0243. The van der Waals surface area contributed by atoms with Gasteiger partial charge in [-0.05, 0) is 59.4 Å². The second-order valence-electron chi connectivity index (χ2n) is 7.74. The van der Waals surface area contributed by atoms with Gasteiger partial charge in [-0.15, -0.1) is 0 Å². The molecule has 1 aliphatic rings. The predicted octanol–water partition coefficient (Wildman–Crippen LogP) is 3.43. The first-order valence-corrected chi connectivity index (χ1v) is 9.05. The summed E-state index contributed by atoms with van der Waals surface area (Å²) in [5, 5.41) is 3.61. The fourth-order valence-electron chi connectivity index (χ4n) is 2.76. The highest BCUT2D eigenvalue weighted by atomic mass is 16.6. The van der Waals surface area contributed by atoms with E-state index in [-0.39, 0.29) is 6.09 Å². The van der Waals surface area contributed by atoms with Crippen LogP contribution in [0.5, 0.6) is 0 Å². The Morgan fingerprint density at radius 2 is 2.09 bits per heavy atom. The molecule has 1 N–H and O–H groups in total. The molecule has 1 heterocycles. The van der Waals surface area contributed by atoms with Crippen LogP contribution in [0.3, 0.4) is 0 Å². The standard InChI is InChI=1S/C18H36N2O3/c1-7-20(17(21)23-18(4,5)6)11-8-10-19-15-9-12-22-16(13-15)14(2)3/h14-16,19H,7-13H2,1-6H3. The topological polar surface area (TPSA) is 50.8 Å². The van der Waals surface area contributed by atoms with Gasteiger partial charge in [0.1, 0.15) is 5.60 Å². The van der Waals surface area contributed by atoms with Crippen molar-refractivity contribution in [3.8, 4) is 0 Å². The van der Waals surface area contributed by atoms with Crippen LogP contribution < -0.4 is 5.32 Å². The molecule has 1 fully saturated rings.